The van der Waals surface area contributed by atoms with Gasteiger partial charge in [0.25, 0.3) is 0 Å². The van der Waals surface area contributed by atoms with Crippen LogP contribution in [0.25, 0.3) is 0 Å². The number of nitrogens with two attached hydrogens (primary N) is 1. The van der Waals surface area contributed by atoms with Gasteiger partial charge in [0.05, 0.1) is 0 Å². The van der Waals surface area contributed by atoms with E-state index in [9.17, 15) is 0 Å². The standard InChI is InChI=1S/C10H15ClN4/c11-9-4-10(14-7-13-9)15-3-1-2-8(5-12)6-15/h4,7-8H,1-3,5-6,12H2/t8-/m1/s1. The largest absolute Gasteiger partial charge is 0.356 e. The molecule has 0 aromatic carbocycles. The van der Waals surface area contributed by atoms with Crippen molar-refractivity contribution in [3.8, 4) is 0 Å². The zero-order chi connectivity index (χ0) is 10.7. The first-order valence-electron chi connectivity index (χ1n) is 5.22. The average molecular weight is 227 g/mol. The molecule has 2 heterocycles. The molecule has 1 atom stereocenters. The molecular weight excluding hydrogens is 212 g/mol. The SMILES string of the molecule is NC[C@H]1CCCN(c2cc(Cl)ncn2)C1. The fourth-order valence-corrected chi connectivity index (χ4v) is 2.10. The van der Waals surface area contributed by atoms with E-state index in [-0.39, 0.29) is 0 Å². The van der Waals surface area contributed by atoms with E-state index in [1.165, 1.54) is 19.2 Å². The fraction of sp³-hybridized carbons (Fsp3) is 0.600. The fourth-order valence-electron chi connectivity index (χ4n) is 1.96. The molecule has 0 unspecified atom stereocenters. The van der Waals surface area contributed by atoms with E-state index in [0.717, 1.165) is 25.5 Å². The van der Waals surface area contributed by atoms with Crippen molar-refractivity contribution in [2.45, 2.75) is 12.8 Å². The molecule has 0 saturated carbocycles. The normalized spacial score (nSPS) is 21.7. The Hall–Kier alpha value is -0.870. The van der Waals surface area contributed by atoms with E-state index < -0.39 is 0 Å². The van der Waals surface area contributed by atoms with E-state index in [1.54, 1.807) is 6.07 Å². The molecule has 0 bridgehead atoms. The number of nitrogens with zero attached hydrogens (tertiary/aromatic N) is 3. The maximum absolute atomic E-state index is 5.83. The summed E-state index contributed by atoms with van der Waals surface area (Å²) in [7, 11) is 0. The molecule has 1 aromatic rings. The van der Waals surface area contributed by atoms with Crippen molar-refractivity contribution < 1.29 is 0 Å². The molecule has 0 spiro atoms. The van der Waals surface area contributed by atoms with Crippen LogP contribution >= 0.6 is 11.6 Å². The Morgan fingerprint density at radius 2 is 2.40 bits per heavy atom. The molecule has 5 heteroatoms. The number of aromatic nitrogens is 2. The number of hydrogen-bond acceptors (Lipinski definition) is 4. The first-order chi connectivity index (χ1) is 7.29. The molecule has 1 aliphatic rings. The van der Waals surface area contributed by atoms with Gasteiger partial charge in [-0.15, -0.1) is 0 Å². The molecule has 15 heavy (non-hydrogen) atoms. The Bertz CT molecular complexity index is 331. The van der Waals surface area contributed by atoms with Crippen molar-refractivity contribution >= 4 is 17.4 Å². The molecule has 0 radical (unpaired) electrons. The second-order valence-electron chi connectivity index (χ2n) is 3.89. The Balaban J connectivity index is 2.09. The van der Waals surface area contributed by atoms with Gasteiger partial charge in [0.2, 0.25) is 0 Å². The number of anilines is 1. The number of piperidine rings is 1. The summed E-state index contributed by atoms with van der Waals surface area (Å²) in [6.07, 6.45) is 3.89. The predicted molar refractivity (Wildman–Crippen MR) is 61.0 cm³/mol. The maximum Gasteiger partial charge on any atom is 0.134 e. The van der Waals surface area contributed by atoms with E-state index in [2.05, 4.69) is 14.9 Å². The van der Waals surface area contributed by atoms with Crippen molar-refractivity contribution in [3.05, 3.63) is 17.5 Å². The quantitative estimate of drug-likeness (QED) is 0.773. The molecule has 1 aliphatic heterocycles. The topological polar surface area (TPSA) is 55.0 Å². The lowest BCUT2D eigenvalue weighted by atomic mass is 9.98. The van der Waals surface area contributed by atoms with Crippen molar-refractivity contribution in [3.63, 3.8) is 0 Å². The smallest absolute Gasteiger partial charge is 0.134 e. The summed E-state index contributed by atoms with van der Waals surface area (Å²) in [5.41, 5.74) is 5.69. The zero-order valence-electron chi connectivity index (χ0n) is 8.56. The third-order valence-electron chi connectivity index (χ3n) is 2.80. The molecule has 0 aliphatic carbocycles. The highest BCUT2D eigenvalue weighted by molar-refractivity contribution is 6.29. The molecule has 1 fully saturated rings. The van der Waals surface area contributed by atoms with Gasteiger partial charge in [-0.3, -0.25) is 0 Å². The summed E-state index contributed by atoms with van der Waals surface area (Å²) in [5, 5.41) is 0.495. The van der Waals surface area contributed by atoms with E-state index in [1.807, 2.05) is 0 Å². The van der Waals surface area contributed by atoms with Crippen LogP contribution in [-0.4, -0.2) is 29.6 Å². The van der Waals surface area contributed by atoms with Gasteiger partial charge in [0, 0.05) is 19.2 Å². The van der Waals surface area contributed by atoms with Crippen LogP contribution in [0.1, 0.15) is 12.8 Å². The van der Waals surface area contributed by atoms with Crippen LogP contribution < -0.4 is 10.6 Å². The zero-order valence-corrected chi connectivity index (χ0v) is 9.32. The third-order valence-corrected chi connectivity index (χ3v) is 3.00. The molecular formula is C10H15ClN4. The van der Waals surface area contributed by atoms with Crippen LogP contribution in [0, 0.1) is 5.92 Å². The summed E-state index contributed by atoms with van der Waals surface area (Å²) in [4.78, 5) is 10.3. The van der Waals surface area contributed by atoms with Gasteiger partial charge in [-0.25, -0.2) is 9.97 Å². The van der Waals surface area contributed by atoms with Gasteiger partial charge < -0.3 is 10.6 Å². The van der Waals surface area contributed by atoms with Crippen LogP contribution in [0.2, 0.25) is 5.15 Å². The summed E-state index contributed by atoms with van der Waals surface area (Å²) in [5.74, 6) is 1.49. The third kappa shape index (κ3) is 2.58. The minimum Gasteiger partial charge on any atom is -0.356 e. The van der Waals surface area contributed by atoms with Crippen LogP contribution in [0.15, 0.2) is 12.4 Å². The number of halogens is 1. The van der Waals surface area contributed by atoms with E-state index in [4.69, 9.17) is 17.3 Å². The van der Waals surface area contributed by atoms with Gasteiger partial charge >= 0.3 is 0 Å². The molecule has 1 aromatic heterocycles. The maximum atomic E-state index is 5.83. The van der Waals surface area contributed by atoms with Crippen LogP contribution in [0.5, 0.6) is 0 Å². The van der Waals surface area contributed by atoms with Crippen molar-refractivity contribution in [1.29, 1.82) is 0 Å². The molecule has 82 valence electrons. The summed E-state index contributed by atoms with van der Waals surface area (Å²) < 4.78 is 0. The highest BCUT2D eigenvalue weighted by Crippen LogP contribution is 2.21. The summed E-state index contributed by atoms with van der Waals surface area (Å²) >= 11 is 5.83. The minimum absolute atomic E-state index is 0.495. The Morgan fingerprint density at radius 1 is 1.53 bits per heavy atom. The van der Waals surface area contributed by atoms with E-state index in [0.29, 0.717) is 11.1 Å². The number of hydrogen-bond donors (Lipinski definition) is 1. The van der Waals surface area contributed by atoms with Crippen molar-refractivity contribution in [2.75, 3.05) is 24.5 Å². The molecule has 0 amide bonds. The van der Waals surface area contributed by atoms with Crippen LogP contribution in [0.4, 0.5) is 5.82 Å². The monoisotopic (exact) mass is 226 g/mol. The van der Waals surface area contributed by atoms with E-state index >= 15 is 0 Å². The first kappa shape index (κ1) is 10.6. The Labute approximate surface area is 94.5 Å². The molecule has 1 saturated heterocycles. The van der Waals surface area contributed by atoms with Crippen LogP contribution in [0.3, 0.4) is 0 Å². The number of rotatable bonds is 2. The summed E-state index contributed by atoms with van der Waals surface area (Å²) in [6, 6.07) is 1.81. The van der Waals surface area contributed by atoms with Crippen LogP contribution in [-0.2, 0) is 0 Å². The highest BCUT2D eigenvalue weighted by atomic mass is 35.5. The predicted octanol–water partition coefficient (Wildman–Crippen LogP) is 1.31. The second kappa shape index (κ2) is 4.77. The highest BCUT2D eigenvalue weighted by Gasteiger charge is 2.19. The average Bonchev–Trinajstić information content (AvgIpc) is 2.29. The van der Waals surface area contributed by atoms with Gasteiger partial charge in [-0.1, -0.05) is 11.6 Å². The second-order valence-corrected chi connectivity index (χ2v) is 4.28. The van der Waals surface area contributed by atoms with Gasteiger partial charge in [-0.05, 0) is 25.3 Å². The van der Waals surface area contributed by atoms with Gasteiger partial charge in [-0.2, -0.15) is 0 Å². The van der Waals surface area contributed by atoms with Gasteiger partial charge in [0.1, 0.15) is 17.3 Å². The Kier molecular flexibility index (Phi) is 3.38. The first-order valence-corrected chi connectivity index (χ1v) is 5.60. The minimum atomic E-state index is 0.495. The molecule has 2 rings (SSSR count). The lowest BCUT2D eigenvalue weighted by Gasteiger charge is -2.32. The van der Waals surface area contributed by atoms with Crippen molar-refractivity contribution in [1.82, 2.24) is 9.97 Å². The summed E-state index contributed by atoms with van der Waals surface area (Å²) in [6.45, 7) is 2.75. The Morgan fingerprint density at radius 3 is 3.13 bits per heavy atom. The lowest BCUT2D eigenvalue weighted by molar-refractivity contribution is 0.421. The molecule has 2 N–H and O–H groups in total. The lowest BCUT2D eigenvalue weighted by Crippen LogP contribution is -2.38. The van der Waals surface area contributed by atoms with Gasteiger partial charge in [0.15, 0.2) is 0 Å². The molecule has 4 nitrogen and oxygen atoms in total. The van der Waals surface area contributed by atoms with Crippen molar-refractivity contribution in [2.24, 2.45) is 11.7 Å².